The minimum Gasteiger partial charge on any atom is -0.449 e. The van der Waals surface area contributed by atoms with E-state index in [9.17, 15) is 9.59 Å². The Labute approximate surface area is 189 Å². The van der Waals surface area contributed by atoms with E-state index in [0.717, 1.165) is 22.3 Å². The molecule has 2 aromatic carbocycles. The van der Waals surface area contributed by atoms with Gasteiger partial charge in [0, 0.05) is 5.92 Å². The fourth-order valence-corrected chi connectivity index (χ4v) is 4.00. The van der Waals surface area contributed by atoms with Gasteiger partial charge in [-0.3, -0.25) is 9.63 Å². The quantitative estimate of drug-likeness (QED) is 0.602. The van der Waals surface area contributed by atoms with Gasteiger partial charge in [0.2, 0.25) is 0 Å². The molecule has 0 saturated carbocycles. The maximum Gasteiger partial charge on any atom is 0.407 e. The molecule has 32 heavy (non-hydrogen) atoms. The number of ether oxygens (including phenoxy) is 2. The van der Waals surface area contributed by atoms with Gasteiger partial charge in [-0.15, -0.1) is 0 Å². The van der Waals surface area contributed by atoms with Crippen LogP contribution in [0, 0.1) is 0 Å². The minimum absolute atomic E-state index is 0.0629. The van der Waals surface area contributed by atoms with E-state index in [1.54, 1.807) is 13.8 Å². The zero-order valence-corrected chi connectivity index (χ0v) is 19.3. The third kappa shape index (κ3) is 5.66. The Morgan fingerprint density at radius 2 is 1.56 bits per heavy atom. The molecule has 2 aromatic rings. The summed E-state index contributed by atoms with van der Waals surface area (Å²) in [6.45, 7) is 9.59. The van der Waals surface area contributed by atoms with Crippen molar-refractivity contribution in [2.45, 2.75) is 58.3 Å². The second kappa shape index (κ2) is 10.1. The molecule has 2 atom stereocenters. The molecule has 1 aliphatic carbocycles. The normalized spacial score (nSPS) is 14.8. The SMILES string of the molecule is CCONC(=O)C(NC(=O)OCC1c2ccccc2-c2ccccc21)[C@@H](C)OC(C)(C)C. The van der Waals surface area contributed by atoms with Crippen molar-refractivity contribution in [2.75, 3.05) is 13.2 Å². The Bertz CT molecular complexity index is 908. The molecule has 172 valence electrons. The van der Waals surface area contributed by atoms with Gasteiger partial charge < -0.3 is 14.8 Å². The third-order valence-corrected chi connectivity index (χ3v) is 5.23. The maximum absolute atomic E-state index is 12.7. The molecule has 0 saturated heterocycles. The van der Waals surface area contributed by atoms with Crippen LogP contribution in [-0.2, 0) is 19.1 Å². The van der Waals surface area contributed by atoms with Crippen LogP contribution in [-0.4, -0.2) is 43.0 Å². The van der Waals surface area contributed by atoms with Crippen molar-refractivity contribution in [2.24, 2.45) is 0 Å². The average Bonchev–Trinajstić information content (AvgIpc) is 3.07. The lowest BCUT2D eigenvalue weighted by atomic mass is 9.98. The van der Waals surface area contributed by atoms with Crippen molar-refractivity contribution in [3.63, 3.8) is 0 Å². The number of hydrogen-bond donors (Lipinski definition) is 2. The summed E-state index contributed by atoms with van der Waals surface area (Å²) >= 11 is 0. The van der Waals surface area contributed by atoms with Crippen molar-refractivity contribution in [1.82, 2.24) is 10.8 Å². The molecule has 0 radical (unpaired) electrons. The van der Waals surface area contributed by atoms with E-state index in [-0.39, 0.29) is 12.5 Å². The lowest BCUT2D eigenvalue weighted by molar-refractivity contribution is -0.142. The summed E-state index contributed by atoms with van der Waals surface area (Å²) in [5.41, 5.74) is 6.39. The fourth-order valence-electron chi connectivity index (χ4n) is 4.00. The van der Waals surface area contributed by atoms with Crippen molar-refractivity contribution < 1.29 is 23.9 Å². The first-order chi connectivity index (χ1) is 15.2. The molecule has 7 nitrogen and oxygen atoms in total. The van der Waals surface area contributed by atoms with Crippen molar-refractivity contribution >= 4 is 12.0 Å². The molecule has 0 spiro atoms. The molecule has 2 N–H and O–H groups in total. The second-order valence-corrected chi connectivity index (χ2v) is 8.78. The molecule has 0 aromatic heterocycles. The van der Waals surface area contributed by atoms with E-state index < -0.39 is 29.7 Å². The number of alkyl carbamates (subject to hydrolysis) is 1. The van der Waals surface area contributed by atoms with Gasteiger partial charge in [-0.25, -0.2) is 10.3 Å². The minimum atomic E-state index is -0.976. The highest BCUT2D eigenvalue weighted by atomic mass is 16.7. The summed E-state index contributed by atoms with van der Waals surface area (Å²) < 4.78 is 11.5. The predicted molar refractivity (Wildman–Crippen MR) is 122 cm³/mol. The Morgan fingerprint density at radius 1 is 1.00 bits per heavy atom. The molecule has 0 heterocycles. The Kier molecular flexibility index (Phi) is 7.53. The van der Waals surface area contributed by atoms with Crippen LogP contribution in [0.2, 0.25) is 0 Å². The summed E-state index contributed by atoms with van der Waals surface area (Å²) in [4.78, 5) is 30.2. The Balaban J connectivity index is 1.69. The average molecular weight is 441 g/mol. The van der Waals surface area contributed by atoms with Crippen molar-refractivity contribution in [3.05, 3.63) is 59.7 Å². The number of rotatable bonds is 8. The Hall–Kier alpha value is -2.90. The lowest BCUT2D eigenvalue weighted by Gasteiger charge is -2.30. The number of carbonyl (C=O) groups is 2. The van der Waals surface area contributed by atoms with Crippen LogP contribution >= 0.6 is 0 Å². The molecule has 1 aliphatic rings. The van der Waals surface area contributed by atoms with Gasteiger partial charge >= 0.3 is 6.09 Å². The van der Waals surface area contributed by atoms with E-state index in [4.69, 9.17) is 14.3 Å². The third-order valence-electron chi connectivity index (χ3n) is 5.23. The number of benzene rings is 2. The molecule has 2 amide bonds. The molecule has 1 unspecified atom stereocenters. The summed E-state index contributed by atoms with van der Waals surface area (Å²) in [5, 5.41) is 2.64. The summed E-state index contributed by atoms with van der Waals surface area (Å²) in [6, 6.07) is 15.3. The summed E-state index contributed by atoms with van der Waals surface area (Å²) in [5.74, 6) is -0.566. The predicted octanol–water partition coefficient (Wildman–Crippen LogP) is 4.17. The van der Waals surface area contributed by atoms with Crippen molar-refractivity contribution in [3.8, 4) is 11.1 Å². The molecule has 3 rings (SSSR count). The van der Waals surface area contributed by atoms with Gasteiger partial charge in [0.15, 0.2) is 0 Å². The van der Waals surface area contributed by atoms with Crippen LogP contribution in [0.25, 0.3) is 11.1 Å². The topological polar surface area (TPSA) is 85.9 Å². The van der Waals surface area contributed by atoms with Crippen molar-refractivity contribution in [1.29, 1.82) is 0 Å². The monoisotopic (exact) mass is 440 g/mol. The Morgan fingerprint density at radius 3 is 2.09 bits per heavy atom. The molecular weight excluding hydrogens is 408 g/mol. The van der Waals surface area contributed by atoms with Gasteiger partial charge in [0.1, 0.15) is 12.6 Å². The van der Waals surface area contributed by atoms with E-state index in [1.807, 2.05) is 45.0 Å². The lowest BCUT2D eigenvalue weighted by Crippen LogP contribution is -2.54. The maximum atomic E-state index is 12.7. The van der Waals surface area contributed by atoms with Crippen LogP contribution < -0.4 is 10.8 Å². The fraction of sp³-hybridized carbons (Fsp3) is 0.440. The van der Waals surface area contributed by atoms with Gasteiger partial charge in [-0.05, 0) is 56.9 Å². The van der Waals surface area contributed by atoms with Gasteiger partial charge in [-0.1, -0.05) is 48.5 Å². The zero-order chi connectivity index (χ0) is 23.3. The molecular formula is C25H32N2O5. The second-order valence-electron chi connectivity index (χ2n) is 8.78. The zero-order valence-electron chi connectivity index (χ0n) is 19.3. The number of hydroxylamine groups is 1. The van der Waals surface area contributed by atoms with E-state index in [0.29, 0.717) is 6.61 Å². The van der Waals surface area contributed by atoms with Crippen LogP contribution in [0.4, 0.5) is 4.79 Å². The first kappa shape index (κ1) is 23.8. The van der Waals surface area contributed by atoms with Crippen LogP contribution in [0.5, 0.6) is 0 Å². The van der Waals surface area contributed by atoms with Gasteiger partial charge in [0.05, 0.1) is 18.3 Å². The van der Waals surface area contributed by atoms with E-state index in [2.05, 4.69) is 35.1 Å². The van der Waals surface area contributed by atoms with Crippen LogP contribution in [0.3, 0.4) is 0 Å². The molecule has 7 heteroatoms. The first-order valence-corrected chi connectivity index (χ1v) is 10.9. The largest absolute Gasteiger partial charge is 0.449 e. The molecule has 0 aliphatic heterocycles. The molecule has 0 bridgehead atoms. The smallest absolute Gasteiger partial charge is 0.407 e. The standard InChI is InChI=1S/C25H32N2O5/c1-6-31-27-23(28)22(16(2)32-25(3,4)5)26-24(29)30-15-21-19-13-9-7-11-17(19)18-12-8-10-14-20(18)21/h7-14,16,21-22H,6,15H2,1-5H3,(H,26,29)(H,27,28)/t16-,22?/m1/s1. The number of nitrogens with one attached hydrogen (secondary N) is 2. The van der Waals surface area contributed by atoms with E-state index in [1.165, 1.54) is 0 Å². The van der Waals surface area contributed by atoms with E-state index >= 15 is 0 Å². The van der Waals surface area contributed by atoms with Gasteiger partial charge in [-0.2, -0.15) is 0 Å². The number of fused-ring (bicyclic) bond motifs is 3. The highest BCUT2D eigenvalue weighted by Gasteiger charge is 2.33. The number of amides is 2. The summed E-state index contributed by atoms with van der Waals surface area (Å²) in [7, 11) is 0. The van der Waals surface area contributed by atoms with Crippen LogP contribution in [0.1, 0.15) is 51.7 Å². The highest BCUT2D eigenvalue weighted by molar-refractivity contribution is 5.85. The van der Waals surface area contributed by atoms with Crippen LogP contribution in [0.15, 0.2) is 48.5 Å². The first-order valence-electron chi connectivity index (χ1n) is 10.9. The number of hydrogen-bond acceptors (Lipinski definition) is 5. The number of carbonyl (C=O) groups excluding carboxylic acids is 2. The van der Waals surface area contributed by atoms with Gasteiger partial charge in [0.25, 0.3) is 5.91 Å². The summed E-state index contributed by atoms with van der Waals surface area (Å²) in [6.07, 6.45) is -1.29. The highest BCUT2D eigenvalue weighted by Crippen LogP contribution is 2.44. The molecule has 0 fully saturated rings.